The summed E-state index contributed by atoms with van der Waals surface area (Å²) in [4.78, 5) is 30.7. The van der Waals surface area contributed by atoms with Gasteiger partial charge in [-0.1, -0.05) is 44.2 Å². The fraction of sp³-hybridized carbons (Fsp3) is 0.476. The number of fused-ring (bicyclic) bond motifs is 1. The van der Waals surface area contributed by atoms with E-state index in [1.807, 2.05) is 25.1 Å². The summed E-state index contributed by atoms with van der Waals surface area (Å²) in [7, 11) is 1.69. The number of rotatable bonds is 5. The third-order valence-corrected chi connectivity index (χ3v) is 6.11. The molecule has 0 aliphatic carbocycles. The first-order chi connectivity index (χ1) is 12.8. The van der Waals surface area contributed by atoms with Crippen LogP contribution in [0.4, 0.5) is 0 Å². The first-order valence-electron chi connectivity index (χ1n) is 9.50. The van der Waals surface area contributed by atoms with E-state index < -0.39 is 11.3 Å². The maximum atomic E-state index is 12.7. The zero-order valence-corrected chi connectivity index (χ0v) is 16.4. The van der Waals surface area contributed by atoms with Gasteiger partial charge in [-0.2, -0.15) is 4.98 Å². The van der Waals surface area contributed by atoms with E-state index in [-0.39, 0.29) is 23.1 Å². The minimum atomic E-state index is -0.735. The van der Waals surface area contributed by atoms with E-state index in [2.05, 4.69) is 31.0 Å². The summed E-state index contributed by atoms with van der Waals surface area (Å²) in [6.07, 6.45) is 2.29. The molecule has 1 N–H and O–H groups in total. The second kappa shape index (κ2) is 7.18. The average molecular weight is 369 g/mol. The molecule has 27 heavy (non-hydrogen) atoms. The molecule has 2 aromatic rings. The van der Waals surface area contributed by atoms with Crippen molar-refractivity contribution in [2.45, 2.75) is 58.0 Å². The van der Waals surface area contributed by atoms with Crippen LogP contribution >= 0.6 is 0 Å². The Balaban J connectivity index is 2.16. The third kappa shape index (κ3) is 3.13. The predicted molar refractivity (Wildman–Crippen MR) is 104 cm³/mol. The van der Waals surface area contributed by atoms with Crippen LogP contribution in [-0.4, -0.2) is 38.6 Å². The number of benzene rings is 1. The van der Waals surface area contributed by atoms with Gasteiger partial charge >= 0.3 is 5.56 Å². The zero-order chi connectivity index (χ0) is 19.8. The van der Waals surface area contributed by atoms with E-state index in [0.717, 1.165) is 12.8 Å². The lowest BCUT2D eigenvalue weighted by molar-refractivity contribution is 0.0660. The van der Waals surface area contributed by atoms with Crippen molar-refractivity contribution < 1.29 is 9.90 Å². The van der Waals surface area contributed by atoms with Crippen molar-refractivity contribution in [2.24, 2.45) is 0 Å². The summed E-state index contributed by atoms with van der Waals surface area (Å²) in [5.74, 6) is -0.334. The quantitative estimate of drug-likeness (QED) is 0.879. The molecule has 1 aromatic heterocycles. The van der Waals surface area contributed by atoms with Gasteiger partial charge in [-0.3, -0.25) is 9.59 Å². The smallest absolute Gasteiger partial charge is 0.315 e. The summed E-state index contributed by atoms with van der Waals surface area (Å²) >= 11 is 0. The van der Waals surface area contributed by atoms with Crippen LogP contribution in [0, 0.1) is 0 Å². The number of aromatic nitrogens is 2. The van der Waals surface area contributed by atoms with Crippen LogP contribution in [0.1, 0.15) is 55.5 Å². The Morgan fingerprint density at radius 2 is 1.81 bits per heavy atom. The molecule has 0 saturated heterocycles. The van der Waals surface area contributed by atoms with Crippen molar-refractivity contribution in [1.82, 2.24) is 14.5 Å². The molecule has 1 atom stereocenters. The first kappa shape index (κ1) is 19.1. The van der Waals surface area contributed by atoms with E-state index in [9.17, 15) is 14.7 Å². The lowest BCUT2D eigenvalue weighted by atomic mass is 9.73. The van der Waals surface area contributed by atoms with E-state index in [1.54, 1.807) is 16.5 Å². The van der Waals surface area contributed by atoms with E-state index in [0.29, 0.717) is 18.8 Å². The van der Waals surface area contributed by atoms with E-state index in [4.69, 9.17) is 0 Å². The van der Waals surface area contributed by atoms with Crippen molar-refractivity contribution in [3.63, 3.8) is 0 Å². The summed E-state index contributed by atoms with van der Waals surface area (Å²) in [6, 6.07) is 10.2. The molecule has 0 unspecified atom stereocenters. The Hall–Kier alpha value is -2.63. The van der Waals surface area contributed by atoms with Crippen molar-refractivity contribution in [2.75, 3.05) is 7.05 Å². The highest BCUT2D eigenvalue weighted by molar-refractivity contribution is 5.95. The van der Waals surface area contributed by atoms with Gasteiger partial charge in [0, 0.05) is 31.5 Å². The third-order valence-electron chi connectivity index (χ3n) is 6.11. The molecule has 0 fully saturated rings. The molecule has 0 spiro atoms. The molecule has 1 aromatic carbocycles. The van der Waals surface area contributed by atoms with Crippen LogP contribution in [0.15, 0.2) is 35.1 Å². The average Bonchev–Trinajstić information content (AvgIpc) is 2.68. The van der Waals surface area contributed by atoms with Gasteiger partial charge < -0.3 is 14.6 Å². The van der Waals surface area contributed by atoms with Gasteiger partial charge in [0.15, 0.2) is 5.69 Å². The Morgan fingerprint density at radius 1 is 1.19 bits per heavy atom. The summed E-state index contributed by atoms with van der Waals surface area (Å²) < 4.78 is 1.74. The number of hydrogen-bond donors (Lipinski definition) is 1. The summed E-state index contributed by atoms with van der Waals surface area (Å²) in [6.45, 7) is 6.72. The van der Waals surface area contributed by atoms with Gasteiger partial charge in [-0.25, -0.2) is 0 Å². The molecule has 0 radical (unpaired) electrons. The fourth-order valence-electron chi connectivity index (χ4n) is 4.00. The lowest BCUT2D eigenvalue weighted by Crippen LogP contribution is -2.47. The molecular formula is C21H27N3O3. The highest BCUT2D eigenvalue weighted by atomic mass is 16.3. The Labute approximate surface area is 159 Å². The molecule has 1 aliphatic rings. The molecule has 2 heterocycles. The molecular weight excluding hydrogens is 342 g/mol. The molecule has 6 nitrogen and oxygen atoms in total. The maximum Gasteiger partial charge on any atom is 0.315 e. The molecule has 0 saturated carbocycles. The number of likely N-dealkylation sites (N-methyl/N-ethyl adjacent to an activating group) is 1. The van der Waals surface area contributed by atoms with Gasteiger partial charge in [0.25, 0.3) is 5.91 Å². The zero-order valence-electron chi connectivity index (χ0n) is 16.4. The van der Waals surface area contributed by atoms with Crippen molar-refractivity contribution in [1.29, 1.82) is 0 Å². The second-order valence-corrected chi connectivity index (χ2v) is 7.44. The van der Waals surface area contributed by atoms with Gasteiger partial charge in [0.1, 0.15) is 5.82 Å². The number of amides is 1. The maximum absolute atomic E-state index is 12.7. The van der Waals surface area contributed by atoms with Crippen molar-refractivity contribution in [3.8, 4) is 5.75 Å². The van der Waals surface area contributed by atoms with Crippen molar-refractivity contribution in [3.05, 3.63) is 57.8 Å². The standard InChI is InChI=1S/C21H27N3O3/c1-5-21(6-2,15-10-8-7-9-11-15)12-16-22-19(26)18(25)17-20(27)23(4)14(3)13-24(16)17/h7-11,14,25H,5-6,12-13H2,1-4H3/t14-/m0/s1. The number of carbonyl (C=O) groups excluding carboxylic acids is 1. The predicted octanol–water partition coefficient (Wildman–Crippen LogP) is 2.72. The molecule has 6 heteroatoms. The van der Waals surface area contributed by atoms with Gasteiger partial charge in [-0.15, -0.1) is 0 Å². The normalized spacial score (nSPS) is 17.1. The molecule has 1 amide bonds. The Morgan fingerprint density at radius 3 is 2.41 bits per heavy atom. The number of carbonyl (C=O) groups is 1. The van der Waals surface area contributed by atoms with Gasteiger partial charge in [0.05, 0.1) is 0 Å². The highest BCUT2D eigenvalue weighted by Crippen LogP contribution is 2.35. The van der Waals surface area contributed by atoms with Crippen LogP contribution in [-0.2, 0) is 18.4 Å². The van der Waals surface area contributed by atoms with E-state index in [1.165, 1.54) is 5.56 Å². The minimum absolute atomic E-state index is 0.0400. The number of hydrogen-bond acceptors (Lipinski definition) is 4. The fourth-order valence-corrected chi connectivity index (χ4v) is 4.00. The minimum Gasteiger partial charge on any atom is -0.501 e. The van der Waals surface area contributed by atoms with Gasteiger partial charge in [0.2, 0.25) is 5.75 Å². The molecule has 3 rings (SSSR count). The summed E-state index contributed by atoms with van der Waals surface area (Å²) in [5, 5.41) is 10.2. The van der Waals surface area contributed by atoms with Crippen LogP contribution in [0.25, 0.3) is 0 Å². The van der Waals surface area contributed by atoms with Crippen LogP contribution in [0.3, 0.4) is 0 Å². The molecule has 144 valence electrons. The monoisotopic (exact) mass is 369 g/mol. The Kier molecular flexibility index (Phi) is 5.09. The van der Waals surface area contributed by atoms with Crippen LogP contribution < -0.4 is 5.56 Å². The topological polar surface area (TPSA) is 75.4 Å². The van der Waals surface area contributed by atoms with Gasteiger partial charge in [-0.05, 0) is 25.3 Å². The first-order valence-corrected chi connectivity index (χ1v) is 9.50. The van der Waals surface area contributed by atoms with Crippen LogP contribution in [0.5, 0.6) is 5.75 Å². The SMILES string of the molecule is CCC(CC)(Cc1nc(=O)c(O)c2n1C[C@H](C)N(C)C2=O)c1ccccc1. The molecule has 0 bridgehead atoms. The molecule has 1 aliphatic heterocycles. The largest absolute Gasteiger partial charge is 0.501 e. The Bertz CT molecular complexity index is 901. The van der Waals surface area contributed by atoms with Crippen molar-refractivity contribution >= 4 is 5.91 Å². The number of aromatic hydroxyl groups is 1. The number of nitrogens with zero attached hydrogens (tertiary/aromatic N) is 3. The summed E-state index contributed by atoms with van der Waals surface area (Å²) in [5.41, 5.74) is 0.328. The second-order valence-electron chi connectivity index (χ2n) is 7.44. The van der Waals surface area contributed by atoms with Crippen LogP contribution in [0.2, 0.25) is 0 Å². The lowest BCUT2D eigenvalue weighted by Gasteiger charge is -2.37. The van der Waals surface area contributed by atoms with E-state index >= 15 is 0 Å². The highest BCUT2D eigenvalue weighted by Gasteiger charge is 2.36.